The Kier molecular flexibility index (Phi) is 4.28. The maximum absolute atomic E-state index is 12.5. The van der Waals surface area contributed by atoms with Gasteiger partial charge in [-0.2, -0.15) is 0 Å². The van der Waals surface area contributed by atoms with Crippen LogP contribution in [0.3, 0.4) is 0 Å². The fourth-order valence-electron chi connectivity index (χ4n) is 3.36. The molecule has 2 heterocycles. The number of carbonyl (C=O) groups is 1. The smallest absolute Gasteiger partial charge is 0.263 e. The van der Waals surface area contributed by atoms with Crippen molar-refractivity contribution in [2.75, 3.05) is 16.7 Å². The molecular weight excluding hydrogens is 394 g/mol. The van der Waals surface area contributed by atoms with Crippen LogP contribution in [0.15, 0.2) is 58.8 Å². The highest BCUT2D eigenvalue weighted by Crippen LogP contribution is 2.42. The average molecular weight is 414 g/mol. The van der Waals surface area contributed by atoms with E-state index in [9.17, 15) is 13.2 Å². The standard InChI is InChI=1S/C20H19N3O3S2/c1-20(2)15-11-13(9-10-17(15)23(3)18(20)24)16-12-27-19(21-16)22-28(25,26)14-7-5-4-6-8-14/h4-12H,1-3H3,(H,21,22). The maximum atomic E-state index is 12.5. The molecular formula is C20H19N3O3S2. The summed E-state index contributed by atoms with van der Waals surface area (Å²) in [5.41, 5.74) is 2.73. The lowest BCUT2D eigenvalue weighted by Gasteiger charge is -2.16. The number of fused-ring (bicyclic) bond motifs is 1. The Bertz CT molecular complexity index is 1170. The Labute approximate surface area is 167 Å². The topological polar surface area (TPSA) is 79.4 Å². The monoisotopic (exact) mass is 413 g/mol. The molecule has 0 atom stereocenters. The number of nitrogens with zero attached hydrogens (tertiary/aromatic N) is 2. The zero-order valence-electron chi connectivity index (χ0n) is 15.6. The zero-order valence-corrected chi connectivity index (χ0v) is 17.3. The molecule has 1 amide bonds. The predicted molar refractivity (Wildman–Crippen MR) is 111 cm³/mol. The van der Waals surface area contributed by atoms with E-state index in [2.05, 4.69) is 9.71 Å². The van der Waals surface area contributed by atoms with Crippen molar-refractivity contribution in [1.29, 1.82) is 0 Å². The van der Waals surface area contributed by atoms with Gasteiger partial charge in [-0.1, -0.05) is 24.3 Å². The molecule has 0 unspecified atom stereocenters. The largest absolute Gasteiger partial charge is 0.314 e. The van der Waals surface area contributed by atoms with Crippen LogP contribution >= 0.6 is 11.3 Å². The molecule has 0 spiro atoms. The SMILES string of the molecule is CN1C(=O)C(C)(C)c2cc(-c3csc(NS(=O)(=O)c4ccccc4)n3)ccc21. The number of likely N-dealkylation sites (N-methyl/N-ethyl adjacent to an activating group) is 1. The van der Waals surface area contributed by atoms with Crippen molar-refractivity contribution in [3.8, 4) is 11.3 Å². The van der Waals surface area contributed by atoms with Crippen molar-refractivity contribution < 1.29 is 13.2 Å². The fourth-order valence-corrected chi connectivity index (χ4v) is 5.35. The molecule has 8 heteroatoms. The molecule has 1 aliphatic heterocycles. The van der Waals surface area contributed by atoms with E-state index in [-0.39, 0.29) is 10.8 Å². The van der Waals surface area contributed by atoms with Crippen molar-refractivity contribution in [3.05, 3.63) is 59.5 Å². The van der Waals surface area contributed by atoms with Crippen LogP contribution < -0.4 is 9.62 Å². The maximum Gasteiger partial charge on any atom is 0.263 e. The Hall–Kier alpha value is -2.71. The van der Waals surface area contributed by atoms with E-state index >= 15 is 0 Å². The number of hydrogen-bond donors (Lipinski definition) is 1. The second-order valence-electron chi connectivity index (χ2n) is 7.18. The number of hydrogen-bond acceptors (Lipinski definition) is 5. The molecule has 0 bridgehead atoms. The van der Waals surface area contributed by atoms with E-state index in [0.717, 1.165) is 16.8 Å². The summed E-state index contributed by atoms with van der Waals surface area (Å²) in [6, 6.07) is 13.9. The number of aromatic nitrogens is 1. The molecule has 4 rings (SSSR count). The van der Waals surface area contributed by atoms with E-state index in [1.807, 2.05) is 32.0 Å². The molecule has 1 aromatic heterocycles. The molecule has 0 saturated heterocycles. The first-order valence-electron chi connectivity index (χ1n) is 8.66. The van der Waals surface area contributed by atoms with Crippen LogP contribution in [0.5, 0.6) is 0 Å². The molecule has 1 aliphatic rings. The van der Waals surface area contributed by atoms with Crippen LogP contribution in [-0.4, -0.2) is 26.4 Å². The molecule has 6 nitrogen and oxygen atoms in total. The summed E-state index contributed by atoms with van der Waals surface area (Å²) in [4.78, 5) is 18.7. The molecule has 144 valence electrons. The number of anilines is 2. The molecule has 2 aromatic carbocycles. The van der Waals surface area contributed by atoms with Gasteiger partial charge in [0.05, 0.1) is 16.0 Å². The van der Waals surface area contributed by atoms with Gasteiger partial charge in [0.25, 0.3) is 10.0 Å². The van der Waals surface area contributed by atoms with Gasteiger partial charge in [0.15, 0.2) is 5.13 Å². The second kappa shape index (κ2) is 6.42. The normalized spacial score (nSPS) is 15.5. The minimum atomic E-state index is -3.68. The van der Waals surface area contributed by atoms with Gasteiger partial charge in [-0.15, -0.1) is 11.3 Å². The first kappa shape index (κ1) is 18.6. The summed E-state index contributed by atoms with van der Waals surface area (Å²) in [6.07, 6.45) is 0. The zero-order chi connectivity index (χ0) is 20.1. The van der Waals surface area contributed by atoms with Crippen molar-refractivity contribution in [1.82, 2.24) is 4.98 Å². The number of thiazole rings is 1. The van der Waals surface area contributed by atoms with E-state index in [4.69, 9.17) is 0 Å². The first-order chi connectivity index (χ1) is 13.2. The minimum absolute atomic E-state index is 0.0502. The lowest BCUT2D eigenvalue weighted by molar-refractivity contribution is -0.121. The lowest BCUT2D eigenvalue weighted by atomic mass is 9.85. The molecule has 0 saturated carbocycles. The molecule has 1 N–H and O–H groups in total. The van der Waals surface area contributed by atoms with Crippen molar-refractivity contribution in [2.24, 2.45) is 0 Å². The van der Waals surface area contributed by atoms with Gasteiger partial charge >= 0.3 is 0 Å². The van der Waals surface area contributed by atoms with E-state index < -0.39 is 15.4 Å². The third kappa shape index (κ3) is 2.98. The van der Waals surface area contributed by atoms with Gasteiger partial charge in [0.1, 0.15) is 0 Å². The predicted octanol–water partition coefficient (Wildman–Crippen LogP) is 3.86. The van der Waals surface area contributed by atoms with Crippen molar-refractivity contribution in [3.63, 3.8) is 0 Å². The molecule has 28 heavy (non-hydrogen) atoms. The molecule has 0 fully saturated rings. The molecule has 0 radical (unpaired) electrons. The third-order valence-corrected chi connectivity index (χ3v) is 7.19. The number of nitrogens with one attached hydrogen (secondary N) is 1. The highest BCUT2D eigenvalue weighted by Gasteiger charge is 2.42. The summed E-state index contributed by atoms with van der Waals surface area (Å²) in [7, 11) is -1.91. The summed E-state index contributed by atoms with van der Waals surface area (Å²) < 4.78 is 27.5. The average Bonchev–Trinajstić information content (AvgIpc) is 3.20. The summed E-state index contributed by atoms with van der Waals surface area (Å²) in [6.45, 7) is 3.81. The van der Waals surface area contributed by atoms with Crippen LogP contribution in [0.1, 0.15) is 19.4 Å². The van der Waals surface area contributed by atoms with Crippen LogP contribution in [-0.2, 0) is 20.2 Å². The fraction of sp³-hybridized carbons (Fsp3) is 0.200. The quantitative estimate of drug-likeness (QED) is 0.704. The van der Waals surface area contributed by atoms with Gasteiger partial charge < -0.3 is 4.90 Å². The number of rotatable bonds is 4. The lowest BCUT2D eigenvalue weighted by Crippen LogP contribution is -2.33. The summed E-state index contributed by atoms with van der Waals surface area (Å²) in [5.74, 6) is 0.0502. The first-order valence-corrected chi connectivity index (χ1v) is 11.0. The van der Waals surface area contributed by atoms with E-state index in [1.165, 1.54) is 23.5 Å². The van der Waals surface area contributed by atoms with Gasteiger partial charge in [0.2, 0.25) is 5.91 Å². The van der Waals surface area contributed by atoms with Crippen LogP contribution in [0.25, 0.3) is 11.3 Å². The van der Waals surface area contributed by atoms with Gasteiger partial charge in [-0.3, -0.25) is 9.52 Å². The van der Waals surface area contributed by atoms with E-state index in [1.54, 1.807) is 35.5 Å². The highest BCUT2D eigenvalue weighted by molar-refractivity contribution is 7.93. The molecule has 3 aromatic rings. The number of benzene rings is 2. The van der Waals surface area contributed by atoms with Gasteiger partial charge in [0, 0.05) is 23.7 Å². The Morgan fingerprint density at radius 3 is 2.54 bits per heavy atom. The highest BCUT2D eigenvalue weighted by atomic mass is 32.2. The van der Waals surface area contributed by atoms with Gasteiger partial charge in [-0.25, -0.2) is 13.4 Å². The van der Waals surface area contributed by atoms with E-state index in [0.29, 0.717) is 10.8 Å². The van der Waals surface area contributed by atoms with Crippen LogP contribution in [0.2, 0.25) is 0 Å². The number of carbonyl (C=O) groups excluding carboxylic acids is 1. The summed E-state index contributed by atoms with van der Waals surface area (Å²) >= 11 is 1.22. The van der Waals surface area contributed by atoms with Gasteiger partial charge in [-0.05, 0) is 43.7 Å². The van der Waals surface area contributed by atoms with Crippen molar-refractivity contribution >= 4 is 38.1 Å². The third-order valence-electron chi connectivity index (χ3n) is 4.95. The Morgan fingerprint density at radius 1 is 1.11 bits per heavy atom. The Balaban J connectivity index is 1.65. The minimum Gasteiger partial charge on any atom is -0.314 e. The number of amides is 1. The van der Waals surface area contributed by atoms with Crippen LogP contribution in [0, 0.1) is 0 Å². The molecule has 0 aliphatic carbocycles. The Morgan fingerprint density at radius 2 is 1.82 bits per heavy atom. The van der Waals surface area contributed by atoms with Crippen molar-refractivity contribution in [2.45, 2.75) is 24.2 Å². The summed E-state index contributed by atoms with van der Waals surface area (Å²) in [5, 5.41) is 2.10. The van der Waals surface area contributed by atoms with Crippen LogP contribution in [0.4, 0.5) is 10.8 Å². The number of sulfonamides is 1. The second-order valence-corrected chi connectivity index (χ2v) is 9.72.